The van der Waals surface area contributed by atoms with E-state index < -0.39 is 0 Å². The number of carbonyl (C=O) groups is 1. The number of hydrogen-bond donors (Lipinski definition) is 1. The second kappa shape index (κ2) is 6.44. The molecule has 0 aliphatic carbocycles. The van der Waals surface area contributed by atoms with Crippen molar-refractivity contribution in [3.05, 3.63) is 59.8 Å². The highest BCUT2D eigenvalue weighted by Crippen LogP contribution is 2.25. The number of para-hydroxylation sites is 1. The van der Waals surface area contributed by atoms with Crippen LogP contribution < -0.4 is 9.47 Å². The molecule has 0 bridgehead atoms. The Kier molecular flexibility index (Phi) is 4.19. The van der Waals surface area contributed by atoms with Crippen LogP contribution in [0.15, 0.2) is 48.7 Å². The van der Waals surface area contributed by atoms with E-state index in [-0.39, 0.29) is 12.6 Å². The second-order valence-corrected chi connectivity index (χ2v) is 5.00. The molecule has 0 spiro atoms. The van der Waals surface area contributed by atoms with Gasteiger partial charge < -0.3 is 19.2 Å². The van der Waals surface area contributed by atoms with Crippen molar-refractivity contribution in [3.63, 3.8) is 0 Å². The molecule has 0 unspecified atom stereocenters. The van der Waals surface area contributed by atoms with Gasteiger partial charge in [0, 0.05) is 22.7 Å². The van der Waals surface area contributed by atoms with Crippen LogP contribution in [0.1, 0.15) is 15.9 Å². The number of H-pyrrole nitrogens is 1. The van der Waals surface area contributed by atoms with E-state index in [1.807, 2.05) is 24.3 Å². The molecular weight excluding hydrogens is 294 g/mol. The third-order valence-electron chi connectivity index (χ3n) is 3.66. The van der Waals surface area contributed by atoms with Crippen molar-refractivity contribution >= 4 is 16.9 Å². The molecule has 23 heavy (non-hydrogen) atoms. The molecule has 0 saturated carbocycles. The summed E-state index contributed by atoms with van der Waals surface area (Å²) in [5.74, 6) is 0.953. The highest BCUT2D eigenvalue weighted by atomic mass is 16.5. The van der Waals surface area contributed by atoms with Crippen molar-refractivity contribution in [3.8, 4) is 11.5 Å². The number of nitrogens with one attached hydrogen (secondary N) is 1. The summed E-state index contributed by atoms with van der Waals surface area (Å²) in [4.78, 5) is 15.4. The zero-order chi connectivity index (χ0) is 16.2. The average Bonchev–Trinajstić information content (AvgIpc) is 3.03. The van der Waals surface area contributed by atoms with Crippen molar-refractivity contribution in [2.24, 2.45) is 0 Å². The van der Waals surface area contributed by atoms with Crippen molar-refractivity contribution < 1.29 is 19.0 Å². The largest absolute Gasteiger partial charge is 0.497 e. The lowest BCUT2D eigenvalue weighted by molar-refractivity contribution is 0.0472. The molecule has 0 aliphatic rings. The Balaban J connectivity index is 1.79. The summed E-state index contributed by atoms with van der Waals surface area (Å²) >= 11 is 0. The first-order valence-corrected chi connectivity index (χ1v) is 7.17. The molecule has 0 atom stereocenters. The Hall–Kier alpha value is -2.95. The van der Waals surface area contributed by atoms with Crippen LogP contribution in [0, 0.1) is 0 Å². The molecule has 2 aromatic carbocycles. The van der Waals surface area contributed by atoms with Gasteiger partial charge in [0.1, 0.15) is 18.1 Å². The number of esters is 1. The molecular formula is C18H17NO4. The Morgan fingerprint density at radius 2 is 1.91 bits per heavy atom. The third kappa shape index (κ3) is 2.99. The minimum Gasteiger partial charge on any atom is -0.497 e. The van der Waals surface area contributed by atoms with E-state index in [1.165, 1.54) is 0 Å². The number of methoxy groups -OCH3 is 2. The minimum atomic E-state index is -0.382. The maximum atomic E-state index is 12.3. The summed E-state index contributed by atoms with van der Waals surface area (Å²) in [6.07, 6.45) is 1.66. The molecule has 0 amide bonds. The fourth-order valence-corrected chi connectivity index (χ4v) is 2.46. The molecule has 3 aromatic rings. The smallest absolute Gasteiger partial charge is 0.340 e. The van der Waals surface area contributed by atoms with Crippen LogP contribution in [-0.2, 0) is 11.3 Å². The second-order valence-electron chi connectivity index (χ2n) is 5.00. The first-order valence-electron chi connectivity index (χ1n) is 7.17. The Bertz CT molecular complexity index is 838. The van der Waals surface area contributed by atoms with Gasteiger partial charge in [-0.25, -0.2) is 4.79 Å². The number of ether oxygens (including phenoxy) is 3. The predicted octanol–water partition coefficient (Wildman–Crippen LogP) is 3.54. The summed E-state index contributed by atoms with van der Waals surface area (Å²) < 4.78 is 15.9. The maximum absolute atomic E-state index is 12.3. The summed E-state index contributed by atoms with van der Waals surface area (Å²) in [6, 6.07) is 13.0. The Morgan fingerprint density at radius 1 is 1.09 bits per heavy atom. The van der Waals surface area contributed by atoms with Crippen LogP contribution in [0.2, 0.25) is 0 Å². The van der Waals surface area contributed by atoms with Gasteiger partial charge in [0.25, 0.3) is 0 Å². The van der Waals surface area contributed by atoms with Crippen LogP contribution in [0.5, 0.6) is 11.5 Å². The number of benzene rings is 2. The fraction of sp³-hybridized carbons (Fsp3) is 0.167. The van der Waals surface area contributed by atoms with Crippen molar-refractivity contribution in [2.45, 2.75) is 6.61 Å². The van der Waals surface area contributed by atoms with Crippen LogP contribution in [0.4, 0.5) is 0 Å². The fourth-order valence-electron chi connectivity index (χ4n) is 2.46. The third-order valence-corrected chi connectivity index (χ3v) is 3.66. The summed E-state index contributed by atoms with van der Waals surface area (Å²) in [5, 5.41) is 0.843. The standard InChI is InChI=1S/C18H17NO4/c1-21-13-7-8-17(22-2)12(9-13)11-23-18(20)15-10-19-16-6-4-3-5-14(15)16/h3-10,19H,11H2,1-2H3. The lowest BCUT2D eigenvalue weighted by Gasteiger charge is -2.11. The van der Waals surface area contributed by atoms with Crippen molar-refractivity contribution in [1.29, 1.82) is 0 Å². The molecule has 0 aliphatic heterocycles. The summed E-state index contributed by atoms with van der Waals surface area (Å²) in [5.41, 5.74) is 2.17. The van der Waals surface area contributed by atoms with Crippen molar-refractivity contribution in [2.75, 3.05) is 14.2 Å². The SMILES string of the molecule is COc1ccc(OC)c(COC(=O)c2c[nH]c3ccccc23)c1. The molecule has 3 rings (SSSR count). The van der Waals surface area contributed by atoms with Gasteiger partial charge in [-0.15, -0.1) is 0 Å². The van der Waals surface area contributed by atoms with Gasteiger partial charge in [-0.05, 0) is 24.3 Å². The minimum absolute atomic E-state index is 0.110. The quantitative estimate of drug-likeness (QED) is 0.732. The van der Waals surface area contributed by atoms with Gasteiger partial charge in [-0.2, -0.15) is 0 Å². The number of rotatable bonds is 5. The molecule has 0 radical (unpaired) electrons. The van der Waals surface area contributed by atoms with Crippen molar-refractivity contribution in [1.82, 2.24) is 4.98 Å². The molecule has 0 fully saturated rings. The maximum Gasteiger partial charge on any atom is 0.340 e. The van der Waals surface area contributed by atoms with E-state index in [9.17, 15) is 4.79 Å². The number of hydrogen-bond acceptors (Lipinski definition) is 4. The Labute approximate surface area is 133 Å². The zero-order valence-corrected chi connectivity index (χ0v) is 13.0. The first-order chi connectivity index (χ1) is 11.2. The number of aromatic nitrogens is 1. The van der Waals surface area contributed by atoms with E-state index in [0.29, 0.717) is 17.1 Å². The molecule has 1 N–H and O–H groups in total. The number of carbonyl (C=O) groups excluding carboxylic acids is 1. The van der Waals surface area contributed by atoms with E-state index in [1.54, 1.807) is 38.6 Å². The molecule has 5 nitrogen and oxygen atoms in total. The van der Waals surface area contributed by atoms with Crippen LogP contribution >= 0.6 is 0 Å². The lowest BCUT2D eigenvalue weighted by atomic mass is 10.2. The Morgan fingerprint density at radius 3 is 2.70 bits per heavy atom. The summed E-state index contributed by atoms with van der Waals surface area (Å²) in [7, 11) is 3.16. The van der Waals surface area contributed by atoms with Gasteiger partial charge in [0.2, 0.25) is 0 Å². The highest BCUT2D eigenvalue weighted by Gasteiger charge is 2.14. The van der Waals surface area contributed by atoms with Crippen LogP contribution in [0.3, 0.4) is 0 Å². The van der Waals surface area contributed by atoms with Crippen LogP contribution in [-0.4, -0.2) is 25.2 Å². The molecule has 5 heteroatoms. The topological polar surface area (TPSA) is 60.6 Å². The van der Waals surface area contributed by atoms with E-state index in [0.717, 1.165) is 16.5 Å². The number of aromatic amines is 1. The van der Waals surface area contributed by atoms with E-state index >= 15 is 0 Å². The van der Waals surface area contributed by atoms with E-state index in [2.05, 4.69) is 4.98 Å². The van der Waals surface area contributed by atoms with Gasteiger partial charge >= 0.3 is 5.97 Å². The summed E-state index contributed by atoms with van der Waals surface area (Å²) in [6.45, 7) is 0.110. The van der Waals surface area contributed by atoms with E-state index in [4.69, 9.17) is 14.2 Å². The predicted molar refractivity (Wildman–Crippen MR) is 87.0 cm³/mol. The molecule has 0 saturated heterocycles. The van der Waals surface area contributed by atoms with Gasteiger partial charge in [0.05, 0.1) is 19.8 Å². The molecule has 1 heterocycles. The highest BCUT2D eigenvalue weighted by molar-refractivity contribution is 6.03. The average molecular weight is 311 g/mol. The normalized spacial score (nSPS) is 10.5. The zero-order valence-electron chi connectivity index (χ0n) is 13.0. The lowest BCUT2D eigenvalue weighted by Crippen LogP contribution is -2.05. The van der Waals surface area contributed by atoms with Gasteiger partial charge in [0.15, 0.2) is 0 Å². The number of fused-ring (bicyclic) bond motifs is 1. The molecule has 1 aromatic heterocycles. The van der Waals surface area contributed by atoms with Gasteiger partial charge in [-0.3, -0.25) is 0 Å². The first kappa shape index (κ1) is 15.0. The van der Waals surface area contributed by atoms with Crippen LogP contribution in [0.25, 0.3) is 10.9 Å². The van der Waals surface area contributed by atoms with Gasteiger partial charge in [-0.1, -0.05) is 18.2 Å². The monoisotopic (exact) mass is 311 g/mol. The molecule has 118 valence electrons.